The van der Waals surface area contributed by atoms with Crippen molar-refractivity contribution in [3.05, 3.63) is 28.2 Å². The molecule has 5 nitrogen and oxygen atoms in total. The van der Waals surface area contributed by atoms with Crippen LogP contribution in [0.1, 0.15) is 12.0 Å². The van der Waals surface area contributed by atoms with Gasteiger partial charge >= 0.3 is 0 Å². The largest absolute Gasteiger partial charge is 0.409 e. The zero-order valence-corrected chi connectivity index (χ0v) is 11.7. The Labute approximate surface area is 114 Å². The highest BCUT2D eigenvalue weighted by molar-refractivity contribution is 9.10. The Kier molecular flexibility index (Phi) is 4.08. The van der Waals surface area contributed by atoms with Gasteiger partial charge in [0.25, 0.3) is 0 Å². The van der Waals surface area contributed by atoms with Crippen LogP contribution in [0.15, 0.2) is 27.8 Å². The fraction of sp³-hybridized carbons (Fsp3) is 0.417. The molecule has 98 valence electrons. The summed E-state index contributed by atoms with van der Waals surface area (Å²) in [5.41, 5.74) is 7.40. The molecule has 0 aliphatic carbocycles. The molecule has 0 bridgehead atoms. The summed E-state index contributed by atoms with van der Waals surface area (Å²) in [4.78, 5) is 2.19. The summed E-state index contributed by atoms with van der Waals surface area (Å²) in [7, 11) is 1.72. The van der Waals surface area contributed by atoms with Crippen molar-refractivity contribution in [2.45, 2.75) is 12.5 Å². The van der Waals surface area contributed by atoms with Gasteiger partial charge in [0.05, 0.1) is 6.10 Å². The molecule has 0 saturated carbocycles. The lowest BCUT2D eigenvalue weighted by atomic mass is 10.1. The van der Waals surface area contributed by atoms with Crippen molar-refractivity contribution < 1.29 is 9.94 Å². The third-order valence-corrected chi connectivity index (χ3v) is 3.66. The van der Waals surface area contributed by atoms with Crippen LogP contribution in [0.5, 0.6) is 0 Å². The Morgan fingerprint density at radius 1 is 1.61 bits per heavy atom. The van der Waals surface area contributed by atoms with Crippen LogP contribution in [0, 0.1) is 0 Å². The van der Waals surface area contributed by atoms with E-state index >= 15 is 0 Å². The molecule has 0 amide bonds. The molecule has 1 aromatic rings. The molecular formula is C12H16BrN3O2. The summed E-state index contributed by atoms with van der Waals surface area (Å²) in [5.74, 6) is 0.123. The number of hydrogen-bond acceptors (Lipinski definition) is 4. The first kappa shape index (κ1) is 13.2. The molecule has 0 radical (unpaired) electrons. The van der Waals surface area contributed by atoms with Crippen LogP contribution in [0.4, 0.5) is 5.69 Å². The Morgan fingerprint density at radius 2 is 2.39 bits per heavy atom. The van der Waals surface area contributed by atoms with Gasteiger partial charge in [-0.2, -0.15) is 0 Å². The van der Waals surface area contributed by atoms with Gasteiger partial charge < -0.3 is 20.6 Å². The summed E-state index contributed by atoms with van der Waals surface area (Å²) in [6.07, 6.45) is 1.22. The summed E-state index contributed by atoms with van der Waals surface area (Å²) in [6, 6.07) is 5.70. The van der Waals surface area contributed by atoms with Gasteiger partial charge in [-0.25, -0.2) is 0 Å². The van der Waals surface area contributed by atoms with Crippen LogP contribution < -0.4 is 10.6 Å². The highest BCUT2D eigenvalue weighted by Gasteiger charge is 2.24. The van der Waals surface area contributed by atoms with Gasteiger partial charge in [-0.05, 0) is 24.6 Å². The predicted octanol–water partition coefficient (Wildman–Crippen LogP) is 1.77. The number of rotatable bonds is 3. The third-order valence-electron chi connectivity index (χ3n) is 3.16. The molecule has 1 fully saturated rings. The molecule has 0 aromatic heterocycles. The monoisotopic (exact) mass is 313 g/mol. The Hall–Kier alpha value is -1.27. The smallest absolute Gasteiger partial charge is 0.172 e. The van der Waals surface area contributed by atoms with Crippen molar-refractivity contribution in [3.8, 4) is 0 Å². The van der Waals surface area contributed by atoms with E-state index in [2.05, 4.69) is 26.0 Å². The maximum atomic E-state index is 8.83. The lowest BCUT2D eigenvalue weighted by Gasteiger charge is -2.21. The maximum Gasteiger partial charge on any atom is 0.172 e. The first-order valence-corrected chi connectivity index (χ1v) is 6.50. The van der Waals surface area contributed by atoms with Crippen molar-refractivity contribution in [2.75, 3.05) is 25.1 Å². The van der Waals surface area contributed by atoms with Gasteiger partial charge in [-0.15, -0.1) is 0 Å². The molecule has 1 unspecified atom stereocenters. The van der Waals surface area contributed by atoms with E-state index in [0.717, 1.165) is 35.2 Å². The second kappa shape index (κ2) is 5.58. The highest BCUT2D eigenvalue weighted by atomic mass is 79.9. The van der Waals surface area contributed by atoms with Gasteiger partial charge in [-0.1, -0.05) is 21.1 Å². The number of benzene rings is 1. The van der Waals surface area contributed by atoms with E-state index in [1.165, 1.54) is 0 Å². The minimum Gasteiger partial charge on any atom is -0.409 e. The molecule has 1 heterocycles. The van der Waals surface area contributed by atoms with Gasteiger partial charge in [0, 0.05) is 35.9 Å². The van der Waals surface area contributed by atoms with Crippen LogP contribution in [-0.2, 0) is 4.74 Å². The minimum atomic E-state index is 0.123. The van der Waals surface area contributed by atoms with Crippen molar-refractivity contribution in [2.24, 2.45) is 10.9 Å². The minimum absolute atomic E-state index is 0.123. The van der Waals surface area contributed by atoms with Crippen molar-refractivity contribution in [3.63, 3.8) is 0 Å². The normalized spacial score (nSPS) is 20.4. The fourth-order valence-corrected chi connectivity index (χ4v) is 2.53. The van der Waals surface area contributed by atoms with Crippen LogP contribution in [-0.4, -0.2) is 37.3 Å². The van der Waals surface area contributed by atoms with E-state index in [9.17, 15) is 0 Å². The van der Waals surface area contributed by atoms with Crippen LogP contribution in [0.2, 0.25) is 0 Å². The standard InChI is InChI=1S/C12H16BrN3O2/c1-18-9-4-5-16(7-9)11-6-8(13)2-3-10(11)12(14)15-17/h2-3,6,9,17H,4-5,7H2,1H3,(H2,14,15). The molecular weight excluding hydrogens is 298 g/mol. The molecule has 2 rings (SSSR count). The number of ether oxygens (including phenoxy) is 1. The zero-order valence-electron chi connectivity index (χ0n) is 10.1. The van der Waals surface area contributed by atoms with E-state index in [1.807, 2.05) is 18.2 Å². The second-order valence-electron chi connectivity index (χ2n) is 4.24. The van der Waals surface area contributed by atoms with Crippen LogP contribution in [0.25, 0.3) is 0 Å². The number of anilines is 1. The molecule has 1 saturated heterocycles. The van der Waals surface area contributed by atoms with Crippen molar-refractivity contribution >= 4 is 27.5 Å². The van der Waals surface area contributed by atoms with Gasteiger partial charge in [0.1, 0.15) is 0 Å². The molecule has 18 heavy (non-hydrogen) atoms. The summed E-state index contributed by atoms with van der Waals surface area (Å²) < 4.78 is 6.32. The molecule has 3 N–H and O–H groups in total. The molecule has 1 aromatic carbocycles. The predicted molar refractivity (Wildman–Crippen MR) is 74.3 cm³/mol. The molecule has 1 atom stereocenters. The summed E-state index contributed by atoms with van der Waals surface area (Å²) in [6.45, 7) is 1.72. The quantitative estimate of drug-likeness (QED) is 0.386. The SMILES string of the molecule is COC1CCN(c2cc(Br)ccc2/C(N)=N/O)C1. The first-order chi connectivity index (χ1) is 8.65. The maximum absolute atomic E-state index is 8.83. The van der Waals surface area contributed by atoms with E-state index in [4.69, 9.17) is 15.7 Å². The van der Waals surface area contributed by atoms with Gasteiger partial charge in [0.2, 0.25) is 0 Å². The lowest BCUT2D eigenvalue weighted by Crippen LogP contribution is -2.26. The van der Waals surface area contributed by atoms with Gasteiger partial charge in [-0.3, -0.25) is 0 Å². The number of halogens is 1. The zero-order chi connectivity index (χ0) is 13.1. The molecule has 0 spiro atoms. The van der Waals surface area contributed by atoms with Crippen LogP contribution >= 0.6 is 15.9 Å². The highest BCUT2D eigenvalue weighted by Crippen LogP contribution is 2.28. The Morgan fingerprint density at radius 3 is 3.00 bits per heavy atom. The van der Waals surface area contributed by atoms with E-state index in [-0.39, 0.29) is 11.9 Å². The first-order valence-electron chi connectivity index (χ1n) is 5.71. The van der Waals surface area contributed by atoms with Crippen LogP contribution in [0.3, 0.4) is 0 Å². The number of hydrogen-bond donors (Lipinski definition) is 2. The average Bonchev–Trinajstić information content (AvgIpc) is 2.86. The topological polar surface area (TPSA) is 71.1 Å². The number of oxime groups is 1. The van der Waals surface area contributed by atoms with E-state index < -0.39 is 0 Å². The third kappa shape index (κ3) is 2.59. The van der Waals surface area contributed by atoms with Crippen molar-refractivity contribution in [1.29, 1.82) is 0 Å². The van der Waals surface area contributed by atoms with Gasteiger partial charge in [0.15, 0.2) is 5.84 Å². The summed E-state index contributed by atoms with van der Waals surface area (Å²) >= 11 is 3.45. The number of nitrogens with zero attached hydrogens (tertiary/aromatic N) is 2. The van der Waals surface area contributed by atoms with Crippen molar-refractivity contribution in [1.82, 2.24) is 0 Å². The second-order valence-corrected chi connectivity index (χ2v) is 5.15. The van der Waals surface area contributed by atoms with E-state index in [0.29, 0.717) is 0 Å². The number of methoxy groups -OCH3 is 1. The molecule has 1 aliphatic heterocycles. The summed E-state index contributed by atoms with van der Waals surface area (Å²) in [5, 5.41) is 11.9. The van der Waals surface area contributed by atoms with E-state index in [1.54, 1.807) is 7.11 Å². The average molecular weight is 314 g/mol. The molecule has 6 heteroatoms. The number of nitrogens with two attached hydrogens (primary N) is 1. The number of amidine groups is 1. The fourth-order valence-electron chi connectivity index (χ4n) is 2.18. The molecule has 1 aliphatic rings. The Bertz CT molecular complexity index is 465. The lowest BCUT2D eigenvalue weighted by molar-refractivity contribution is 0.121. The Balaban J connectivity index is 2.34.